The average molecular weight is 268 g/mol. The quantitative estimate of drug-likeness (QED) is 0.834. The molecule has 0 unspecified atom stereocenters. The molecule has 2 rings (SSSR count). The van der Waals surface area contributed by atoms with Crippen molar-refractivity contribution >= 4 is 5.97 Å². The summed E-state index contributed by atoms with van der Waals surface area (Å²) in [5.74, 6) is -2.64. The van der Waals surface area contributed by atoms with Gasteiger partial charge in [0.1, 0.15) is 11.6 Å². The van der Waals surface area contributed by atoms with E-state index in [1.807, 2.05) is 0 Å². The van der Waals surface area contributed by atoms with E-state index in [2.05, 4.69) is 9.97 Å². The minimum absolute atomic E-state index is 0.0746. The minimum Gasteiger partial charge on any atom is -0.461 e. The maximum atomic E-state index is 13.6. The molecule has 0 amide bonds. The van der Waals surface area contributed by atoms with Gasteiger partial charge in [-0.2, -0.15) is 0 Å². The third-order valence-electron chi connectivity index (χ3n) is 2.42. The van der Waals surface area contributed by atoms with E-state index in [-0.39, 0.29) is 18.0 Å². The fraction of sp³-hybridized carbons (Fsp3) is 0.167. The van der Waals surface area contributed by atoms with Crippen LogP contribution in [0.15, 0.2) is 23.0 Å². The molecule has 0 aliphatic heterocycles. The zero-order valence-electron chi connectivity index (χ0n) is 9.92. The molecule has 0 atom stereocenters. The summed E-state index contributed by atoms with van der Waals surface area (Å²) in [5, 5.41) is 0. The summed E-state index contributed by atoms with van der Waals surface area (Å²) in [5.41, 5.74) is -1.81. The predicted octanol–water partition coefficient (Wildman–Crippen LogP) is 1.82. The monoisotopic (exact) mass is 268 g/mol. The number of aromatic amines is 2. The standard InChI is InChI=1S/C12H10F2N2O3/c1-2-19-11(17)10-9(15-12(18)16-10)8-6(13)4-3-5-7(8)14/h3-5H,2H2,1H3,(H2,15,16,18). The predicted molar refractivity (Wildman–Crippen MR) is 62.7 cm³/mol. The number of benzene rings is 1. The molecule has 0 radical (unpaired) electrons. The van der Waals surface area contributed by atoms with Gasteiger partial charge in [0.25, 0.3) is 0 Å². The number of rotatable bonds is 3. The summed E-state index contributed by atoms with van der Waals surface area (Å²) in [4.78, 5) is 27.2. The third kappa shape index (κ3) is 2.40. The largest absolute Gasteiger partial charge is 0.461 e. The highest BCUT2D eigenvalue weighted by atomic mass is 19.1. The van der Waals surface area contributed by atoms with Gasteiger partial charge in [-0.15, -0.1) is 0 Å². The Balaban J connectivity index is 2.63. The Hall–Kier alpha value is -2.44. The zero-order valence-corrected chi connectivity index (χ0v) is 9.92. The van der Waals surface area contributed by atoms with E-state index < -0.39 is 28.9 Å². The fourth-order valence-electron chi connectivity index (χ4n) is 1.66. The van der Waals surface area contributed by atoms with Gasteiger partial charge in [0.05, 0.1) is 17.9 Å². The molecule has 0 aliphatic rings. The van der Waals surface area contributed by atoms with Crippen LogP contribution in [0, 0.1) is 11.6 Å². The van der Waals surface area contributed by atoms with Crippen LogP contribution in [-0.2, 0) is 4.74 Å². The number of esters is 1. The fourth-order valence-corrected chi connectivity index (χ4v) is 1.66. The number of aromatic nitrogens is 2. The average Bonchev–Trinajstić information content (AvgIpc) is 2.71. The van der Waals surface area contributed by atoms with Crippen molar-refractivity contribution in [3.8, 4) is 11.3 Å². The number of ether oxygens (including phenoxy) is 1. The summed E-state index contributed by atoms with van der Waals surface area (Å²) >= 11 is 0. The molecule has 100 valence electrons. The highest BCUT2D eigenvalue weighted by Gasteiger charge is 2.22. The van der Waals surface area contributed by atoms with Crippen molar-refractivity contribution < 1.29 is 18.3 Å². The van der Waals surface area contributed by atoms with Crippen LogP contribution >= 0.6 is 0 Å². The molecule has 5 nitrogen and oxygen atoms in total. The number of carbonyl (C=O) groups is 1. The van der Waals surface area contributed by atoms with Crippen molar-refractivity contribution in [1.29, 1.82) is 0 Å². The van der Waals surface area contributed by atoms with Crippen molar-refractivity contribution in [2.24, 2.45) is 0 Å². The van der Waals surface area contributed by atoms with Gasteiger partial charge < -0.3 is 9.72 Å². The van der Waals surface area contributed by atoms with E-state index in [0.29, 0.717) is 0 Å². The van der Waals surface area contributed by atoms with Gasteiger partial charge in [-0.3, -0.25) is 4.98 Å². The first kappa shape index (κ1) is 13.0. The number of imidazole rings is 1. The summed E-state index contributed by atoms with van der Waals surface area (Å²) < 4.78 is 32.0. The van der Waals surface area contributed by atoms with Gasteiger partial charge in [0.15, 0.2) is 5.69 Å². The molecule has 19 heavy (non-hydrogen) atoms. The Bertz CT molecular complexity index is 656. The van der Waals surface area contributed by atoms with Crippen LogP contribution in [-0.4, -0.2) is 22.5 Å². The second kappa shape index (κ2) is 5.05. The molecule has 7 heteroatoms. The summed E-state index contributed by atoms with van der Waals surface area (Å²) in [6.45, 7) is 1.65. The topological polar surface area (TPSA) is 75.0 Å². The van der Waals surface area contributed by atoms with Gasteiger partial charge in [-0.1, -0.05) is 6.07 Å². The molecule has 0 saturated carbocycles. The van der Waals surface area contributed by atoms with Gasteiger partial charge in [0, 0.05) is 0 Å². The van der Waals surface area contributed by atoms with Crippen molar-refractivity contribution in [2.45, 2.75) is 6.92 Å². The lowest BCUT2D eigenvalue weighted by Crippen LogP contribution is -2.09. The highest BCUT2D eigenvalue weighted by Crippen LogP contribution is 2.26. The van der Waals surface area contributed by atoms with E-state index in [0.717, 1.165) is 12.1 Å². The molecular formula is C12H10F2N2O3. The Morgan fingerprint density at radius 1 is 1.26 bits per heavy atom. The maximum Gasteiger partial charge on any atom is 0.357 e. The highest BCUT2D eigenvalue weighted by molar-refractivity contribution is 5.94. The second-order valence-electron chi connectivity index (χ2n) is 3.65. The van der Waals surface area contributed by atoms with E-state index >= 15 is 0 Å². The third-order valence-corrected chi connectivity index (χ3v) is 2.42. The number of halogens is 2. The summed E-state index contributed by atoms with van der Waals surface area (Å²) in [6, 6.07) is 3.24. The Morgan fingerprint density at radius 3 is 2.47 bits per heavy atom. The van der Waals surface area contributed by atoms with Gasteiger partial charge in [0.2, 0.25) is 0 Å². The number of nitrogens with one attached hydrogen (secondary N) is 2. The van der Waals surface area contributed by atoms with E-state index in [9.17, 15) is 18.4 Å². The number of H-pyrrole nitrogens is 2. The maximum absolute atomic E-state index is 13.6. The van der Waals surface area contributed by atoms with Crippen LogP contribution in [0.1, 0.15) is 17.4 Å². The summed E-state index contributed by atoms with van der Waals surface area (Å²) in [6.07, 6.45) is 0. The number of hydrogen-bond donors (Lipinski definition) is 2. The second-order valence-corrected chi connectivity index (χ2v) is 3.65. The number of hydrogen-bond acceptors (Lipinski definition) is 3. The lowest BCUT2D eigenvalue weighted by atomic mass is 10.1. The van der Waals surface area contributed by atoms with Crippen LogP contribution in [0.3, 0.4) is 0 Å². The SMILES string of the molecule is CCOC(=O)c1[nH]c(=O)[nH]c1-c1c(F)cccc1F. The first-order chi connectivity index (χ1) is 9.04. The molecule has 1 heterocycles. The molecule has 2 N–H and O–H groups in total. The van der Waals surface area contributed by atoms with Crippen LogP contribution in [0.25, 0.3) is 11.3 Å². The van der Waals surface area contributed by atoms with Crippen LogP contribution < -0.4 is 5.69 Å². The van der Waals surface area contributed by atoms with Crippen LogP contribution in [0.2, 0.25) is 0 Å². The van der Waals surface area contributed by atoms with Crippen molar-refractivity contribution in [3.05, 3.63) is 46.0 Å². The minimum atomic E-state index is -0.888. The zero-order chi connectivity index (χ0) is 14.0. The molecule has 2 aromatic rings. The lowest BCUT2D eigenvalue weighted by Gasteiger charge is -2.05. The molecule has 0 saturated heterocycles. The molecular weight excluding hydrogens is 258 g/mol. The van der Waals surface area contributed by atoms with Gasteiger partial charge >= 0.3 is 11.7 Å². The van der Waals surface area contributed by atoms with E-state index in [1.54, 1.807) is 6.92 Å². The number of carbonyl (C=O) groups excluding carboxylic acids is 1. The lowest BCUT2D eigenvalue weighted by molar-refractivity contribution is 0.0521. The van der Waals surface area contributed by atoms with Gasteiger partial charge in [-0.05, 0) is 19.1 Å². The van der Waals surface area contributed by atoms with E-state index in [4.69, 9.17) is 4.74 Å². The Labute approximate surface area is 106 Å². The molecule has 1 aromatic heterocycles. The van der Waals surface area contributed by atoms with Crippen LogP contribution in [0.5, 0.6) is 0 Å². The normalized spacial score (nSPS) is 10.5. The summed E-state index contributed by atoms with van der Waals surface area (Å²) in [7, 11) is 0. The van der Waals surface area contributed by atoms with Crippen molar-refractivity contribution in [1.82, 2.24) is 9.97 Å². The first-order valence-corrected chi connectivity index (χ1v) is 5.48. The first-order valence-electron chi connectivity index (χ1n) is 5.48. The van der Waals surface area contributed by atoms with Gasteiger partial charge in [-0.25, -0.2) is 18.4 Å². The molecule has 0 aliphatic carbocycles. The Morgan fingerprint density at radius 2 is 1.89 bits per heavy atom. The smallest absolute Gasteiger partial charge is 0.357 e. The van der Waals surface area contributed by atoms with Crippen molar-refractivity contribution in [3.63, 3.8) is 0 Å². The molecule has 0 spiro atoms. The molecule has 0 bridgehead atoms. The van der Waals surface area contributed by atoms with Crippen LogP contribution in [0.4, 0.5) is 8.78 Å². The molecule has 1 aromatic carbocycles. The Kier molecular flexibility index (Phi) is 3.46. The molecule has 0 fully saturated rings. The van der Waals surface area contributed by atoms with E-state index in [1.165, 1.54) is 6.07 Å². The van der Waals surface area contributed by atoms with Crippen molar-refractivity contribution in [2.75, 3.05) is 6.61 Å².